The Hall–Kier alpha value is -2.33. The highest BCUT2D eigenvalue weighted by molar-refractivity contribution is 7.15. The van der Waals surface area contributed by atoms with Gasteiger partial charge in [0.15, 0.2) is 0 Å². The molecule has 1 aliphatic rings. The molecule has 0 saturated heterocycles. The van der Waals surface area contributed by atoms with Crippen LogP contribution in [0.25, 0.3) is 0 Å². The third-order valence-corrected chi connectivity index (χ3v) is 7.00. The quantitative estimate of drug-likeness (QED) is 0.414. The second-order valence-electron chi connectivity index (χ2n) is 9.76. The first-order chi connectivity index (χ1) is 15.5. The molecule has 1 aliphatic carbocycles. The highest BCUT2D eigenvalue weighted by Crippen LogP contribution is 2.35. The standard InChI is InChI=1S/C26H38N2O4S/c1-8-27(9-2)22(29)17-28(24(30)19-12-10-18(3)11-13-19)21-16-20(14-15-26(4,5)6)33-23(21)25(31)32-7/h16,18-19H,8-13,17H2,1-7H3. The van der Waals surface area contributed by atoms with E-state index in [1.165, 1.54) is 23.3 Å². The molecule has 2 amide bonds. The zero-order valence-electron chi connectivity index (χ0n) is 21.1. The summed E-state index contributed by atoms with van der Waals surface area (Å²) in [7, 11) is 1.32. The van der Waals surface area contributed by atoms with Gasteiger partial charge in [-0.15, -0.1) is 11.3 Å². The van der Waals surface area contributed by atoms with Crippen LogP contribution in [0.2, 0.25) is 0 Å². The predicted molar refractivity (Wildman–Crippen MR) is 133 cm³/mol. The van der Waals surface area contributed by atoms with Crippen molar-refractivity contribution in [3.8, 4) is 11.8 Å². The van der Waals surface area contributed by atoms with Gasteiger partial charge in [-0.1, -0.05) is 18.8 Å². The van der Waals surface area contributed by atoms with Crippen molar-refractivity contribution >= 4 is 34.8 Å². The zero-order chi connectivity index (χ0) is 24.8. The molecule has 6 nitrogen and oxygen atoms in total. The van der Waals surface area contributed by atoms with E-state index < -0.39 is 5.97 Å². The van der Waals surface area contributed by atoms with Crippen LogP contribution in [-0.2, 0) is 14.3 Å². The van der Waals surface area contributed by atoms with Crippen molar-refractivity contribution in [3.63, 3.8) is 0 Å². The maximum atomic E-state index is 13.7. The molecular weight excluding hydrogens is 436 g/mol. The van der Waals surface area contributed by atoms with Crippen molar-refractivity contribution in [2.75, 3.05) is 31.6 Å². The second kappa shape index (κ2) is 11.7. The van der Waals surface area contributed by atoms with E-state index in [1.54, 1.807) is 11.0 Å². The summed E-state index contributed by atoms with van der Waals surface area (Å²) in [6.07, 6.45) is 3.57. The van der Waals surface area contributed by atoms with Crippen LogP contribution >= 0.6 is 11.3 Å². The average molecular weight is 475 g/mol. The van der Waals surface area contributed by atoms with E-state index in [0.717, 1.165) is 25.7 Å². The van der Waals surface area contributed by atoms with Crippen molar-refractivity contribution in [2.24, 2.45) is 17.3 Å². The first kappa shape index (κ1) is 26.9. The molecule has 1 aromatic heterocycles. The summed E-state index contributed by atoms with van der Waals surface area (Å²) >= 11 is 1.21. The Morgan fingerprint density at radius 3 is 2.24 bits per heavy atom. The molecule has 33 heavy (non-hydrogen) atoms. The Morgan fingerprint density at radius 2 is 1.73 bits per heavy atom. The number of methoxy groups -OCH3 is 1. The smallest absolute Gasteiger partial charge is 0.350 e. The van der Waals surface area contributed by atoms with E-state index in [-0.39, 0.29) is 29.7 Å². The Labute approximate surface area is 202 Å². The van der Waals surface area contributed by atoms with Crippen LogP contribution in [0.4, 0.5) is 5.69 Å². The Kier molecular flexibility index (Phi) is 9.54. The van der Waals surface area contributed by atoms with E-state index in [4.69, 9.17) is 4.74 Å². The number of carbonyl (C=O) groups excluding carboxylic acids is 3. The van der Waals surface area contributed by atoms with Crippen LogP contribution in [0, 0.1) is 29.1 Å². The summed E-state index contributed by atoms with van der Waals surface area (Å²) in [5.41, 5.74) is 0.219. The van der Waals surface area contributed by atoms with Gasteiger partial charge < -0.3 is 14.5 Å². The van der Waals surface area contributed by atoms with E-state index in [9.17, 15) is 14.4 Å². The number of hydrogen-bond acceptors (Lipinski definition) is 5. The summed E-state index contributed by atoms with van der Waals surface area (Å²) in [5, 5.41) is 0. The lowest BCUT2D eigenvalue weighted by molar-refractivity contribution is -0.132. The van der Waals surface area contributed by atoms with Crippen LogP contribution in [0.1, 0.15) is 81.8 Å². The normalized spacial score (nSPS) is 18.2. The average Bonchev–Trinajstić information content (AvgIpc) is 3.20. The number of likely N-dealkylation sites (N-methyl/N-ethyl adjacent to an activating group) is 1. The minimum atomic E-state index is -0.524. The van der Waals surface area contributed by atoms with Gasteiger partial charge in [-0.2, -0.15) is 0 Å². The van der Waals surface area contributed by atoms with E-state index in [1.807, 2.05) is 34.6 Å². The number of rotatable bonds is 7. The summed E-state index contributed by atoms with van der Waals surface area (Å²) in [6, 6.07) is 1.76. The predicted octanol–water partition coefficient (Wildman–Crippen LogP) is 4.96. The molecule has 0 aliphatic heterocycles. The summed E-state index contributed by atoms with van der Waals surface area (Å²) in [4.78, 5) is 43.6. The molecule has 1 aromatic rings. The van der Waals surface area contributed by atoms with Gasteiger partial charge in [0.2, 0.25) is 11.8 Å². The largest absolute Gasteiger partial charge is 0.465 e. The van der Waals surface area contributed by atoms with Gasteiger partial charge in [0.05, 0.1) is 17.7 Å². The first-order valence-electron chi connectivity index (χ1n) is 11.8. The molecule has 0 aromatic carbocycles. The lowest BCUT2D eigenvalue weighted by Gasteiger charge is -2.32. The molecule has 182 valence electrons. The van der Waals surface area contributed by atoms with Crippen LogP contribution < -0.4 is 4.90 Å². The maximum Gasteiger partial charge on any atom is 0.350 e. The van der Waals surface area contributed by atoms with Crippen molar-refractivity contribution in [1.82, 2.24) is 4.90 Å². The van der Waals surface area contributed by atoms with Crippen molar-refractivity contribution in [1.29, 1.82) is 0 Å². The number of hydrogen-bond donors (Lipinski definition) is 0. The number of nitrogens with zero attached hydrogens (tertiary/aromatic N) is 2. The topological polar surface area (TPSA) is 66.9 Å². The fraction of sp³-hybridized carbons (Fsp3) is 0.654. The van der Waals surface area contributed by atoms with Gasteiger partial charge in [0.25, 0.3) is 0 Å². The minimum absolute atomic E-state index is 0.0966. The second-order valence-corrected chi connectivity index (χ2v) is 10.8. The number of amides is 2. The molecule has 1 heterocycles. The maximum absolute atomic E-state index is 13.7. The van der Waals surface area contributed by atoms with Gasteiger partial charge in [-0.25, -0.2) is 4.79 Å². The third-order valence-electron chi connectivity index (χ3n) is 5.98. The SMILES string of the molecule is CCN(CC)C(=O)CN(C(=O)C1CCC(C)CC1)c1cc(C#CC(C)(C)C)sc1C(=O)OC. The van der Waals surface area contributed by atoms with Gasteiger partial charge in [0.1, 0.15) is 11.4 Å². The van der Waals surface area contributed by atoms with E-state index in [0.29, 0.717) is 34.4 Å². The Balaban J connectivity index is 2.52. The fourth-order valence-corrected chi connectivity index (χ4v) is 4.89. The van der Waals surface area contributed by atoms with Crippen molar-refractivity contribution in [2.45, 2.75) is 67.2 Å². The molecule has 7 heteroatoms. The minimum Gasteiger partial charge on any atom is -0.465 e. The molecule has 0 radical (unpaired) electrons. The Morgan fingerprint density at radius 1 is 1.12 bits per heavy atom. The highest BCUT2D eigenvalue weighted by atomic mass is 32.1. The third kappa shape index (κ3) is 7.33. The summed E-state index contributed by atoms with van der Waals surface area (Å²) in [5.74, 6) is 6.00. The zero-order valence-corrected chi connectivity index (χ0v) is 21.9. The molecule has 1 saturated carbocycles. The van der Waals surface area contributed by atoms with Gasteiger partial charge >= 0.3 is 5.97 Å². The van der Waals surface area contributed by atoms with Crippen LogP contribution in [0.15, 0.2) is 6.07 Å². The molecule has 2 rings (SSSR count). The van der Waals surface area contributed by atoms with E-state index in [2.05, 4.69) is 18.8 Å². The van der Waals surface area contributed by atoms with Crippen molar-refractivity contribution < 1.29 is 19.1 Å². The molecular formula is C26H38N2O4S. The van der Waals surface area contributed by atoms with E-state index >= 15 is 0 Å². The van der Waals surface area contributed by atoms with Crippen molar-refractivity contribution in [3.05, 3.63) is 15.8 Å². The van der Waals surface area contributed by atoms with Crippen LogP contribution in [0.5, 0.6) is 0 Å². The highest BCUT2D eigenvalue weighted by Gasteiger charge is 2.34. The van der Waals surface area contributed by atoms with Gasteiger partial charge in [-0.05, 0) is 72.3 Å². The number of anilines is 1. The molecule has 0 bridgehead atoms. The lowest BCUT2D eigenvalue weighted by Crippen LogP contribution is -2.46. The molecule has 0 atom stereocenters. The molecule has 1 fully saturated rings. The monoisotopic (exact) mass is 474 g/mol. The summed E-state index contributed by atoms with van der Waals surface area (Å²) < 4.78 is 5.01. The molecule has 0 spiro atoms. The molecule has 0 unspecified atom stereocenters. The number of thiophene rings is 1. The molecule has 0 N–H and O–H groups in total. The summed E-state index contributed by atoms with van der Waals surface area (Å²) in [6.45, 7) is 13.1. The number of esters is 1. The van der Waals surface area contributed by atoms with Crippen LogP contribution in [0.3, 0.4) is 0 Å². The fourth-order valence-electron chi connectivity index (χ4n) is 3.95. The lowest BCUT2D eigenvalue weighted by atomic mass is 9.82. The number of carbonyl (C=O) groups is 3. The first-order valence-corrected chi connectivity index (χ1v) is 12.7. The van der Waals surface area contributed by atoms with Crippen LogP contribution in [-0.4, -0.2) is 49.4 Å². The Bertz CT molecular complexity index is 907. The van der Waals surface area contributed by atoms with Gasteiger partial charge in [0, 0.05) is 24.4 Å². The number of ether oxygens (including phenoxy) is 1. The van der Waals surface area contributed by atoms with Gasteiger partial charge in [-0.3, -0.25) is 9.59 Å².